The van der Waals surface area contributed by atoms with Gasteiger partial charge in [0.1, 0.15) is 6.29 Å². The number of rotatable bonds is 3. The Morgan fingerprint density at radius 3 is 2.69 bits per heavy atom. The Kier molecular flexibility index (Phi) is 2.83. The topological polar surface area (TPSA) is 35.5 Å². The van der Waals surface area contributed by atoms with E-state index in [0.29, 0.717) is 11.9 Å². The lowest BCUT2D eigenvalue weighted by Gasteiger charge is -2.27. The maximum atomic E-state index is 13.8. The van der Waals surface area contributed by atoms with E-state index in [1.165, 1.54) is 26.4 Å². The predicted octanol–water partition coefficient (Wildman–Crippen LogP) is 1.36. The third-order valence-corrected chi connectivity index (χ3v) is 1.94. The fourth-order valence-corrected chi connectivity index (χ4v) is 1.19. The molecule has 0 saturated heterocycles. The smallest absolute Gasteiger partial charge is 0.271 e. The van der Waals surface area contributed by atoms with Crippen LogP contribution in [-0.2, 0) is 14.3 Å². The molecule has 0 saturated carbocycles. The Morgan fingerprint density at radius 2 is 2.23 bits per heavy atom. The van der Waals surface area contributed by atoms with Crippen LogP contribution in [0.2, 0.25) is 0 Å². The van der Waals surface area contributed by atoms with Crippen molar-refractivity contribution >= 4 is 6.29 Å². The molecule has 3 nitrogen and oxygen atoms in total. The summed E-state index contributed by atoms with van der Waals surface area (Å²) in [6.07, 6.45) is 3.42. The van der Waals surface area contributed by atoms with Crippen LogP contribution in [0.25, 0.3) is 0 Å². The molecular weight excluding hydrogens is 175 g/mol. The number of alkyl halides is 1. The standard InChI is InChI=1S/C9H11FO3/c1-12-8-4-3-7(6-11)5-9(8,10)13-2/h3-4,6H,5H2,1-2H3. The molecule has 0 N–H and O–H groups in total. The quantitative estimate of drug-likeness (QED) is 0.624. The van der Waals surface area contributed by atoms with E-state index in [2.05, 4.69) is 4.74 Å². The average Bonchev–Trinajstić information content (AvgIpc) is 2.17. The Labute approximate surface area is 75.8 Å². The van der Waals surface area contributed by atoms with Gasteiger partial charge in [-0.05, 0) is 11.6 Å². The van der Waals surface area contributed by atoms with Gasteiger partial charge < -0.3 is 9.47 Å². The van der Waals surface area contributed by atoms with Crippen molar-refractivity contribution < 1.29 is 18.7 Å². The summed E-state index contributed by atoms with van der Waals surface area (Å²) in [5, 5.41) is 0. The van der Waals surface area contributed by atoms with Gasteiger partial charge in [-0.15, -0.1) is 0 Å². The van der Waals surface area contributed by atoms with Crippen LogP contribution in [0.5, 0.6) is 0 Å². The molecule has 4 heteroatoms. The van der Waals surface area contributed by atoms with Crippen molar-refractivity contribution in [3.05, 3.63) is 23.5 Å². The summed E-state index contributed by atoms with van der Waals surface area (Å²) in [5.41, 5.74) is 0.352. The fourth-order valence-electron chi connectivity index (χ4n) is 1.19. The van der Waals surface area contributed by atoms with E-state index in [1.54, 1.807) is 0 Å². The molecule has 0 bridgehead atoms. The number of carbonyl (C=O) groups excluding carboxylic acids is 1. The predicted molar refractivity (Wildman–Crippen MR) is 44.7 cm³/mol. The van der Waals surface area contributed by atoms with E-state index < -0.39 is 5.85 Å². The van der Waals surface area contributed by atoms with E-state index in [1.807, 2.05) is 0 Å². The largest absolute Gasteiger partial charge is 0.495 e. The first-order valence-electron chi connectivity index (χ1n) is 3.81. The zero-order chi connectivity index (χ0) is 9.90. The molecule has 0 spiro atoms. The van der Waals surface area contributed by atoms with Gasteiger partial charge in [0.25, 0.3) is 5.85 Å². The molecule has 1 rings (SSSR count). The van der Waals surface area contributed by atoms with Crippen molar-refractivity contribution in [3.63, 3.8) is 0 Å². The number of carbonyl (C=O) groups is 1. The number of halogens is 1. The summed E-state index contributed by atoms with van der Waals surface area (Å²) in [7, 11) is 2.60. The lowest BCUT2D eigenvalue weighted by Crippen LogP contribution is -2.31. The third-order valence-electron chi connectivity index (χ3n) is 1.94. The van der Waals surface area contributed by atoms with Gasteiger partial charge in [-0.25, -0.2) is 4.39 Å². The first kappa shape index (κ1) is 9.92. The molecule has 0 amide bonds. The van der Waals surface area contributed by atoms with Crippen molar-refractivity contribution in [2.75, 3.05) is 14.2 Å². The maximum absolute atomic E-state index is 13.8. The highest BCUT2D eigenvalue weighted by molar-refractivity contribution is 5.74. The van der Waals surface area contributed by atoms with E-state index in [4.69, 9.17) is 4.74 Å². The van der Waals surface area contributed by atoms with Crippen molar-refractivity contribution in [1.82, 2.24) is 0 Å². The van der Waals surface area contributed by atoms with E-state index in [0.717, 1.165) is 0 Å². The van der Waals surface area contributed by atoms with Crippen molar-refractivity contribution in [2.45, 2.75) is 12.3 Å². The van der Waals surface area contributed by atoms with E-state index in [-0.39, 0.29) is 12.2 Å². The zero-order valence-electron chi connectivity index (χ0n) is 7.54. The minimum absolute atomic E-state index is 0.0839. The highest BCUT2D eigenvalue weighted by Gasteiger charge is 2.38. The average molecular weight is 186 g/mol. The Balaban J connectivity index is 2.96. The van der Waals surface area contributed by atoms with Crippen LogP contribution in [0.1, 0.15) is 6.42 Å². The van der Waals surface area contributed by atoms with Gasteiger partial charge in [0.2, 0.25) is 0 Å². The summed E-state index contributed by atoms with van der Waals surface area (Å²) in [6.45, 7) is 0. The highest BCUT2D eigenvalue weighted by atomic mass is 19.2. The molecule has 0 aliphatic heterocycles. The Bertz CT molecular complexity index is 270. The van der Waals surface area contributed by atoms with Gasteiger partial charge in [0.15, 0.2) is 5.76 Å². The van der Waals surface area contributed by atoms with Crippen molar-refractivity contribution in [1.29, 1.82) is 0 Å². The normalized spacial score (nSPS) is 27.6. The number of allylic oxidation sites excluding steroid dienone is 2. The molecule has 13 heavy (non-hydrogen) atoms. The summed E-state index contributed by atoms with van der Waals surface area (Å²) in [5.74, 6) is -1.92. The third kappa shape index (κ3) is 1.78. The van der Waals surface area contributed by atoms with E-state index >= 15 is 0 Å². The number of aldehydes is 1. The zero-order valence-corrected chi connectivity index (χ0v) is 7.54. The molecule has 1 unspecified atom stereocenters. The van der Waals surface area contributed by atoms with Crippen LogP contribution >= 0.6 is 0 Å². The van der Waals surface area contributed by atoms with Gasteiger partial charge in [-0.2, -0.15) is 0 Å². The number of hydrogen-bond donors (Lipinski definition) is 0. The minimum Gasteiger partial charge on any atom is -0.495 e. The molecule has 1 aliphatic rings. The minimum atomic E-state index is -2.00. The van der Waals surface area contributed by atoms with Crippen LogP contribution < -0.4 is 0 Å². The summed E-state index contributed by atoms with van der Waals surface area (Å²) in [4.78, 5) is 10.4. The van der Waals surface area contributed by atoms with Gasteiger partial charge in [-0.1, -0.05) is 6.08 Å². The van der Waals surface area contributed by atoms with Gasteiger partial charge in [-0.3, -0.25) is 4.79 Å². The molecule has 0 aromatic carbocycles. The number of hydrogen-bond acceptors (Lipinski definition) is 3. The van der Waals surface area contributed by atoms with Gasteiger partial charge in [0, 0.05) is 13.5 Å². The molecule has 1 aliphatic carbocycles. The van der Waals surface area contributed by atoms with Crippen LogP contribution in [0, 0.1) is 0 Å². The number of methoxy groups -OCH3 is 2. The Morgan fingerprint density at radius 1 is 1.54 bits per heavy atom. The summed E-state index contributed by atoms with van der Waals surface area (Å²) in [6, 6.07) is 0. The molecule has 0 aromatic heterocycles. The first-order chi connectivity index (χ1) is 6.16. The molecule has 1 atom stereocenters. The van der Waals surface area contributed by atoms with Crippen molar-refractivity contribution in [3.8, 4) is 0 Å². The molecule has 72 valence electrons. The van der Waals surface area contributed by atoms with Crippen LogP contribution in [0.4, 0.5) is 4.39 Å². The SMILES string of the molecule is COC1=CC=C(C=O)CC1(F)OC. The second-order valence-corrected chi connectivity index (χ2v) is 2.70. The lowest BCUT2D eigenvalue weighted by atomic mass is 10.00. The molecule has 0 radical (unpaired) electrons. The summed E-state index contributed by atoms with van der Waals surface area (Å²) >= 11 is 0. The molecule has 0 aromatic rings. The fraction of sp³-hybridized carbons (Fsp3) is 0.444. The molecule has 0 heterocycles. The maximum Gasteiger partial charge on any atom is 0.271 e. The summed E-state index contributed by atoms with van der Waals surface area (Å²) < 4.78 is 23.2. The highest BCUT2D eigenvalue weighted by Crippen LogP contribution is 2.33. The second-order valence-electron chi connectivity index (χ2n) is 2.70. The lowest BCUT2D eigenvalue weighted by molar-refractivity contribution is -0.123. The number of ether oxygens (including phenoxy) is 2. The van der Waals surface area contributed by atoms with Crippen LogP contribution in [0.3, 0.4) is 0 Å². The monoisotopic (exact) mass is 186 g/mol. The van der Waals surface area contributed by atoms with Gasteiger partial charge in [0.05, 0.1) is 7.11 Å². The van der Waals surface area contributed by atoms with Gasteiger partial charge >= 0.3 is 0 Å². The molecule has 0 fully saturated rings. The Hall–Kier alpha value is -1.16. The first-order valence-corrected chi connectivity index (χ1v) is 3.81. The van der Waals surface area contributed by atoms with E-state index in [9.17, 15) is 9.18 Å². The van der Waals surface area contributed by atoms with Crippen LogP contribution in [-0.4, -0.2) is 26.4 Å². The second kappa shape index (κ2) is 3.70. The molecular formula is C9H11FO3. The van der Waals surface area contributed by atoms with Crippen molar-refractivity contribution in [2.24, 2.45) is 0 Å². The van der Waals surface area contributed by atoms with Crippen LogP contribution in [0.15, 0.2) is 23.5 Å².